The van der Waals surface area contributed by atoms with Gasteiger partial charge in [0, 0.05) is 17.5 Å². The first-order valence-corrected chi connectivity index (χ1v) is 7.61. The molecule has 0 aromatic heterocycles. The van der Waals surface area contributed by atoms with E-state index in [0.29, 0.717) is 17.5 Å². The molecule has 0 bridgehead atoms. The number of carboxylic acid groups (broad SMARTS) is 1. The van der Waals surface area contributed by atoms with Crippen molar-refractivity contribution in [3.8, 4) is 0 Å². The molecule has 1 saturated heterocycles. The summed E-state index contributed by atoms with van der Waals surface area (Å²) in [6.45, 7) is 2.47. The van der Waals surface area contributed by atoms with Crippen molar-refractivity contribution >= 4 is 29.4 Å². The van der Waals surface area contributed by atoms with Crippen molar-refractivity contribution in [2.45, 2.75) is 25.0 Å². The van der Waals surface area contributed by atoms with Crippen LogP contribution in [0.25, 0.3) is 0 Å². The number of anilines is 1. The Bertz CT molecular complexity index is 513. The molecule has 2 rings (SSSR count). The van der Waals surface area contributed by atoms with Crippen LogP contribution in [0, 0.1) is 6.92 Å². The number of nitrogens with one attached hydrogen (secondary N) is 2. The number of benzene rings is 1. The van der Waals surface area contributed by atoms with Crippen LogP contribution in [0.2, 0.25) is 0 Å². The quantitative estimate of drug-likeness (QED) is 0.798. The summed E-state index contributed by atoms with van der Waals surface area (Å²) in [5.74, 6) is 0.157. The van der Waals surface area contributed by atoms with E-state index in [1.165, 1.54) is 18.6 Å². The normalized spacial score (nSPS) is 17.8. The topological polar surface area (TPSA) is 78.4 Å². The third-order valence-corrected chi connectivity index (χ3v) is 4.65. The van der Waals surface area contributed by atoms with E-state index in [-0.39, 0.29) is 11.6 Å². The summed E-state index contributed by atoms with van der Waals surface area (Å²) >= 11 is 1.88. The molecule has 1 atom stereocenters. The lowest BCUT2D eigenvalue weighted by Gasteiger charge is -2.13. The molecule has 1 aliphatic rings. The Hall–Kier alpha value is -1.69. The van der Waals surface area contributed by atoms with Crippen molar-refractivity contribution in [3.63, 3.8) is 0 Å². The van der Waals surface area contributed by atoms with Gasteiger partial charge in [0.2, 0.25) is 0 Å². The predicted octanol–water partition coefficient (Wildman–Crippen LogP) is 2.71. The van der Waals surface area contributed by atoms with Crippen molar-refractivity contribution < 1.29 is 14.7 Å². The van der Waals surface area contributed by atoms with Gasteiger partial charge >= 0.3 is 12.0 Å². The Labute approximate surface area is 122 Å². The second kappa shape index (κ2) is 6.65. The summed E-state index contributed by atoms with van der Waals surface area (Å²) in [5, 5.41) is 15.0. The third-order valence-electron chi connectivity index (χ3n) is 3.25. The first-order valence-electron chi connectivity index (χ1n) is 6.56. The SMILES string of the molecule is Cc1ccc(C(=O)O)cc1NC(=O)NCC1CCCS1. The van der Waals surface area contributed by atoms with Crippen molar-refractivity contribution in [2.24, 2.45) is 0 Å². The lowest BCUT2D eigenvalue weighted by atomic mass is 10.1. The van der Waals surface area contributed by atoms with Gasteiger partial charge in [0.15, 0.2) is 0 Å². The van der Waals surface area contributed by atoms with Crippen LogP contribution in [0.4, 0.5) is 10.5 Å². The van der Waals surface area contributed by atoms with Gasteiger partial charge in [-0.05, 0) is 43.2 Å². The van der Waals surface area contributed by atoms with Gasteiger partial charge in [-0.15, -0.1) is 0 Å². The van der Waals surface area contributed by atoms with E-state index in [0.717, 1.165) is 17.7 Å². The number of rotatable bonds is 4. The van der Waals surface area contributed by atoms with Crippen molar-refractivity contribution in [2.75, 3.05) is 17.6 Å². The number of hydrogen-bond donors (Lipinski definition) is 3. The molecular formula is C14H18N2O3S. The molecule has 20 heavy (non-hydrogen) atoms. The molecule has 0 radical (unpaired) electrons. The van der Waals surface area contributed by atoms with E-state index in [2.05, 4.69) is 10.6 Å². The first kappa shape index (κ1) is 14.7. The molecule has 1 unspecified atom stereocenters. The maximum Gasteiger partial charge on any atom is 0.335 e. The summed E-state index contributed by atoms with van der Waals surface area (Å²) < 4.78 is 0. The number of carboxylic acids is 1. The maximum absolute atomic E-state index is 11.8. The van der Waals surface area contributed by atoms with E-state index in [1.54, 1.807) is 6.07 Å². The van der Waals surface area contributed by atoms with Crippen LogP contribution in [0.5, 0.6) is 0 Å². The number of thioether (sulfide) groups is 1. The van der Waals surface area contributed by atoms with Crippen LogP contribution in [0.1, 0.15) is 28.8 Å². The second-order valence-electron chi connectivity index (χ2n) is 4.80. The zero-order valence-corrected chi connectivity index (χ0v) is 12.1. The number of urea groups is 1. The van der Waals surface area contributed by atoms with Crippen molar-refractivity contribution in [3.05, 3.63) is 29.3 Å². The Morgan fingerprint density at radius 2 is 2.25 bits per heavy atom. The lowest BCUT2D eigenvalue weighted by molar-refractivity contribution is 0.0697. The highest BCUT2D eigenvalue weighted by Gasteiger charge is 2.16. The van der Waals surface area contributed by atoms with Crippen LogP contribution in [0.15, 0.2) is 18.2 Å². The zero-order valence-electron chi connectivity index (χ0n) is 11.3. The third kappa shape index (κ3) is 3.90. The molecule has 1 heterocycles. The number of hydrogen-bond acceptors (Lipinski definition) is 3. The molecule has 6 heteroatoms. The molecule has 1 aromatic rings. The summed E-state index contributed by atoms with van der Waals surface area (Å²) in [6.07, 6.45) is 2.34. The molecule has 0 aliphatic carbocycles. The Kier molecular flexibility index (Phi) is 4.89. The molecular weight excluding hydrogens is 276 g/mol. The van der Waals surface area contributed by atoms with Gasteiger partial charge in [0.1, 0.15) is 0 Å². The van der Waals surface area contributed by atoms with Gasteiger partial charge in [-0.2, -0.15) is 11.8 Å². The van der Waals surface area contributed by atoms with Crippen LogP contribution in [-0.2, 0) is 0 Å². The van der Waals surface area contributed by atoms with E-state index >= 15 is 0 Å². The summed E-state index contributed by atoms with van der Waals surface area (Å²) in [4.78, 5) is 22.7. The van der Waals surface area contributed by atoms with Crippen molar-refractivity contribution in [1.29, 1.82) is 0 Å². The van der Waals surface area contributed by atoms with Crippen LogP contribution in [0.3, 0.4) is 0 Å². The van der Waals surface area contributed by atoms with Gasteiger partial charge in [0.25, 0.3) is 0 Å². The number of aromatic carboxylic acids is 1. The Morgan fingerprint density at radius 1 is 1.45 bits per heavy atom. The monoisotopic (exact) mass is 294 g/mol. The fourth-order valence-electron chi connectivity index (χ4n) is 2.07. The van der Waals surface area contributed by atoms with Crippen LogP contribution in [-0.4, -0.2) is 34.7 Å². The molecule has 1 aliphatic heterocycles. The fraction of sp³-hybridized carbons (Fsp3) is 0.429. The minimum atomic E-state index is -1.00. The van der Waals surface area contributed by atoms with Gasteiger partial charge < -0.3 is 15.7 Å². The van der Waals surface area contributed by atoms with Gasteiger partial charge in [0.05, 0.1) is 5.56 Å². The molecule has 2 amide bonds. The average Bonchev–Trinajstić information content (AvgIpc) is 2.92. The maximum atomic E-state index is 11.8. The largest absolute Gasteiger partial charge is 0.478 e. The highest BCUT2D eigenvalue weighted by molar-refractivity contribution is 8.00. The van der Waals surface area contributed by atoms with Crippen molar-refractivity contribution in [1.82, 2.24) is 5.32 Å². The number of aryl methyl sites for hydroxylation is 1. The summed E-state index contributed by atoms with van der Waals surface area (Å²) in [5.41, 5.74) is 1.53. The van der Waals surface area contributed by atoms with Crippen LogP contribution < -0.4 is 10.6 Å². The standard InChI is InChI=1S/C14H18N2O3S/c1-9-4-5-10(13(17)18)7-12(9)16-14(19)15-8-11-3-2-6-20-11/h4-5,7,11H,2-3,6,8H2,1H3,(H,17,18)(H2,15,16,19). The molecule has 108 valence electrons. The van der Waals surface area contributed by atoms with E-state index in [9.17, 15) is 9.59 Å². The van der Waals surface area contributed by atoms with Gasteiger partial charge in [-0.25, -0.2) is 9.59 Å². The molecule has 1 aromatic carbocycles. The predicted molar refractivity (Wildman–Crippen MR) is 80.6 cm³/mol. The number of carbonyl (C=O) groups is 2. The molecule has 0 saturated carbocycles. The van der Waals surface area contributed by atoms with Gasteiger partial charge in [-0.3, -0.25) is 0 Å². The second-order valence-corrected chi connectivity index (χ2v) is 6.21. The highest BCUT2D eigenvalue weighted by Crippen LogP contribution is 2.25. The zero-order chi connectivity index (χ0) is 14.5. The highest BCUT2D eigenvalue weighted by atomic mass is 32.2. The Balaban J connectivity index is 1.92. The van der Waals surface area contributed by atoms with E-state index < -0.39 is 5.97 Å². The van der Waals surface area contributed by atoms with Crippen LogP contribution >= 0.6 is 11.8 Å². The molecule has 3 N–H and O–H groups in total. The fourth-order valence-corrected chi connectivity index (χ4v) is 3.27. The minimum absolute atomic E-state index is 0.164. The average molecular weight is 294 g/mol. The molecule has 5 nitrogen and oxygen atoms in total. The smallest absolute Gasteiger partial charge is 0.335 e. The first-order chi connectivity index (χ1) is 9.56. The number of amides is 2. The van der Waals surface area contributed by atoms with E-state index in [4.69, 9.17) is 5.11 Å². The number of carbonyl (C=O) groups excluding carboxylic acids is 1. The summed E-state index contributed by atoms with van der Waals surface area (Å²) in [7, 11) is 0. The van der Waals surface area contributed by atoms with Gasteiger partial charge in [-0.1, -0.05) is 6.07 Å². The summed E-state index contributed by atoms with van der Waals surface area (Å²) in [6, 6.07) is 4.40. The minimum Gasteiger partial charge on any atom is -0.478 e. The lowest BCUT2D eigenvalue weighted by Crippen LogP contribution is -2.33. The molecule has 0 spiro atoms. The van der Waals surface area contributed by atoms with E-state index in [1.807, 2.05) is 18.7 Å². The molecule has 1 fully saturated rings. The Morgan fingerprint density at radius 3 is 2.90 bits per heavy atom.